The second-order valence-corrected chi connectivity index (χ2v) is 9.42. The Morgan fingerprint density at radius 2 is 1.87 bits per heavy atom. The average molecular weight is 501 g/mol. The highest BCUT2D eigenvalue weighted by Gasteiger charge is 2.24. The van der Waals surface area contributed by atoms with Crippen molar-refractivity contribution in [3.05, 3.63) is 101 Å². The molecular formula is C30H24N6O2. The number of hydrogen-bond acceptors (Lipinski definition) is 6. The summed E-state index contributed by atoms with van der Waals surface area (Å²) in [5, 5.41) is 11.6. The standard InChI is InChI=1S/C30H24N6O2/c37-30-26(22-13-14-23-21(18-22)12-7-16-31-23)28(32-24-15-17-38-35-24)33-29-25(19-8-3-1-4-9-19)27(34-36(29)30)20-10-5-2-6-11-20/h2,5-8,10-18,34H,1,3-4,9H2,(H,32,35). The molecule has 0 amide bonds. The van der Waals surface area contributed by atoms with E-state index in [1.807, 2.05) is 48.5 Å². The van der Waals surface area contributed by atoms with Gasteiger partial charge in [-0.1, -0.05) is 53.7 Å². The molecule has 0 spiro atoms. The third-order valence-electron chi connectivity index (χ3n) is 7.03. The van der Waals surface area contributed by atoms with E-state index in [2.05, 4.69) is 38.8 Å². The Morgan fingerprint density at radius 1 is 0.947 bits per heavy atom. The minimum atomic E-state index is -0.205. The topological polar surface area (TPSA) is 101 Å². The first-order valence-electron chi connectivity index (χ1n) is 12.7. The van der Waals surface area contributed by atoms with Gasteiger partial charge in [-0.15, -0.1) is 0 Å². The van der Waals surface area contributed by atoms with Crippen molar-refractivity contribution in [2.45, 2.75) is 25.7 Å². The Morgan fingerprint density at radius 3 is 2.68 bits per heavy atom. The number of nitrogens with one attached hydrogen (secondary N) is 2. The van der Waals surface area contributed by atoms with E-state index in [1.165, 1.54) is 18.3 Å². The van der Waals surface area contributed by atoms with Gasteiger partial charge in [0.25, 0.3) is 5.56 Å². The molecule has 6 aromatic rings. The quantitative estimate of drug-likeness (QED) is 0.277. The average Bonchev–Trinajstić information content (AvgIpc) is 3.62. The largest absolute Gasteiger partial charge is 0.363 e. The summed E-state index contributed by atoms with van der Waals surface area (Å²) in [6, 6.07) is 21.4. The molecule has 38 heavy (non-hydrogen) atoms. The van der Waals surface area contributed by atoms with Gasteiger partial charge in [-0.05, 0) is 55.0 Å². The van der Waals surface area contributed by atoms with Crippen LogP contribution in [0, 0.1) is 0 Å². The molecule has 0 saturated carbocycles. The lowest BCUT2D eigenvalue weighted by Gasteiger charge is -2.14. The van der Waals surface area contributed by atoms with Crippen molar-refractivity contribution in [2.24, 2.45) is 0 Å². The monoisotopic (exact) mass is 500 g/mol. The number of hydrogen-bond donors (Lipinski definition) is 2. The third-order valence-corrected chi connectivity index (χ3v) is 7.03. The summed E-state index contributed by atoms with van der Waals surface area (Å²) in [5.74, 6) is 0.894. The van der Waals surface area contributed by atoms with E-state index in [9.17, 15) is 4.79 Å². The first kappa shape index (κ1) is 22.2. The van der Waals surface area contributed by atoms with Crippen molar-refractivity contribution in [3.63, 3.8) is 0 Å². The van der Waals surface area contributed by atoms with E-state index in [0.29, 0.717) is 22.8 Å². The smallest absolute Gasteiger partial charge is 0.282 e. The number of allylic oxidation sites excluding steroid dienone is 2. The molecule has 1 aliphatic rings. The summed E-state index contributed by atoms with van der Waals surface area (Å²) in [7, 11) is 0. The van der Waals surface area contributed by atoms with Crippen molar-refractivity contribution < 1.29 is 4.52 Å². The predicted octanol–water partition coefficient (Wildman–Crippen LogP) is 6.59. The number of H-pyrrole nitrogens is 1. The molecule has 8 heteroatoms. The van der Waals surface area contributed by atoms with Crippen molar-refractivity contribution in [1.82, 2.24) is 24.7 Å². The summed E-state index contributed by atoms with van der Waals surface area (Å²) < 4.78 is 6.61. The number of fused-ring (bicyclic) bond motifs is 2. The van der Waals surface area contributed by atoms with E-state index in [0.717, 1.165) is 52.5 Å². The first-order chi connectivity index (χ1) is 18.8. The molecule has 0 unspecified atom stereocenters. The molecule has 4 heterocycles. The number of aromatic amines is 1. The van der Waals surface area contributed by atoms with Gasteiger partial charge in [-0.25, -0.2) is 4.98 Å². The van der Waals surface area contributed by atoms with Gasteiger partial charge in [0.1, 0.15) is 12.1 Å². The highest BCUT2D eigenvalue weighted by Crippen LogP contribution is 2.37. The zero-order valence-electron chi connectivity index (χ0n) is 20.5. The number of anilines is 2. The Hall–Kier alpha value is -4.98. The molecule has 0 atom stereocenters. The van der Waals surface area contributed by atoms with Crippen LogP contribution in [0.5, 0.6) is 0 Å². The molecule has 0 bridgehead atoms. The Bertz CT molecular complexity index is 1870. The van der Waals surface area contributed by atoms with Crippen LogP contribution in [-0.4, -0.2) is 24.7 Å². The van der Waals surface area contributed by atoms with Crippen LogP contribution in [0.25, 0.3) is 44.5 Å². The summed E-state index contributed by atoms with van der Waals surface area (Å²) in [6.45, 7) is 0. The third kappa shape index (κ3) is 3.78. The van der Waals surface area contributed by atoms with Crippen molar-refractivity contribution in [3.8, 4) is 22.4 Å². The summed E-state index contributed by atoms with van der Waals surface area (Å²) in [4.78, 5) is 23.8. The molecule has 0 radical (unpaired) electrons. The fraction of sp³-hybridized carbons (Fsp3) is 0.133. The molecule has 2 aromatic carbocycles. The maximum atomic E-state index is 14.3. The lowest BCUT2D eigenvalue weighted by molar-refractivity contribution is 0.423. The molecule has 7 rings (SSSR count). The van der Waals surface area contributed by atoms with Crippen LogP contribution < -0.4 is 10.9 Å². The normalized spacial score (nSPS) is 13.6. The van der Waals surface area contributed by atoms with Crippen LogP contribution >= 0.6 is 0 Å². The van der Waals surface area contributed by atoms with Gasteiger partial charge in [0, 0.05) is 28.8 Å². The zero-order valence-corrected chi connectivity index (χ0v) is 20.5. The highest BCUT2D eigenvalue weighted by atomic mass is 16.5. The molecule has 186 valence electrons. The van der Waals surface area contributed by atoms with Crippen LogP contribution in [0.1, 0.15) is 31.2 Å². The number of rotatable bonds is 5. The van der Waals surface area contributed by atoms with E-state index in [1.54, 1.807) is 16.8 Å². The number of benzene rings is 2. The fourth-order valence-electron chi connectivity index (χ4n) is 5.24. The first-order valence-corrected chi connectivity index (χ1v) is 12.7. The van der Waals surface area contributed by atoms with E-state index < -0.39 is 0 Å². The van der Waals surface area contributed by atoms with Gasteiger partial charge in [0.05, 0.1) is 16.8 Å². The van der Waals surface area contributed by atoms with Crippen LogP contribution in [0.2, 0.25) is 0 Å². The number of pyridine rings is 1. The molecule has 8 nitrogen and oxygen atoms in total. The molecule has 1 aliphatic carbocycles. The molecule has 4 aromatic heterocycles. The molecule has 2 N–H and O–H groups in total. The van der Waals surface area contributed by atoms with Gasteiger partial charge >= 0.3 is 0 Å². The van der Waals surface area contributed by atoms with Crippen LogP contribution in [0.15, 0.2) is 94.6 Å². The molecule has 0 saturated heterocycles. The Labute approximate surface area is 217 Å². The number of nitrogens with zero attached hydrogens (tertiary/aromatic N) is 4. The van der Waals surface area contributed by atoms with Crippen LogP contribution in [-0.2, 0) is 0 Å². The van der Waals surface area contributed by atoms with E-state index in [-0.39, 0.29) is 5.56 Å². The maximum absolute atomic E-state index is 14.3. The SMILES string of the molecule is O=c1c(-c2ccc3ncccc3c2)c(Nc2ccon2)nc2c(C3=CCCCC3)c(-c3ccccc3)[nH]n12. The van der Waals surface area contributed by atoms with Crippen molar-refractivity contribution in [2.75, 3.05) is 5.32 Å². The minimum absolute atomic E-state index is 0.205. The summed E-state index contributed by atoms with van der Waals surface area (Å²) >= 11 is 0. The summed E-state index contributed by atoms with van der Waals surface area (Å²) in [6.07, 6.45) is 9.74. The van der Waals surface area contributed by atoms with Crippen molar-refractivity contribution in [1.29, 1.82) is 0 Å². The van der Waals surface area contributed by atoms with Gasteiger partial charge in [0.15, 0.2) is 11.5 Å². The highest BCUT2D eigenvalue weighted by molar-refractivity contribution is 5.91. The number of aromatic nitrogens is 5. The second kappa shape index (κ2) is 9.15. The van der Waals surface area contributed by atoms with E-state index in [4.69, 9.17) is 9.51 Å². The predicted molar refractivity (Wildman–Crippen MR) is 148 cm³/mol. The molecular weight excluding hydrogens is 476 g/mol. The van der Waals surface area contributed by atoms with Crippen molar-refractivity contribution >= 4 is 33.8 Å². The second-order valence-electron chi connectivity index (χ2n) is 9.42. The van der Waals surface area contributed by atoms with Gasteiger partial charge in [0.2, 0.25) is 0 Å². The lowest BCUT2D eigenvalue weighted by Crippen LogP contribution is -2.20. The molecule has 0 aliphatic heterocycles. The lowest BCUT2D eigenvalue weighted by atomic mass is 9.92. The fourth-order valence-corrected chi connectivity index (χ4v) is 5.24. The van der Waals surface area contributed by atoms with Gasteiger partial charge in [-0.2, -0.15) is 4.52 Å². The minimum Gasteiger partial charge on any atom is -0.363 e. The van der Waals surface area contributed by atoms with Crippen LogP contribution in [0.4, 0.5) is 11.6 Å². The zero-order chi connectivity index (χ0) is 25.5. The summed E-state index contributed by atoms with van der Waals surface area (Å²) in [5.41, 5.74) is 6.46. The maximum Gasteiger partial charge on any atom is 0.282 e. The van der Waals surface area contributed by atoms with Crippen LogP contribution in [0.3, 0.4) is 0 Å². The van der Waals surface area contributed by atoms with Gasteiger partial charge < -0.3 is 9.84 Å². The molecule has 0 fully saturated rings. The Kier molecular flexibility index (Phi) is 5.36. The van der Waals surface area contributed by atoms with Gasteiger partial charge in [-0.3, -0.25) is 14.9 Å². The van der Waals surface area contributed by atoms with E-state index >= 15 is 0 Å². The Balaban J connectivity index is 1.54.